The molecule has 4 aromatic rings. The number of nitro benzene ring substituents is 1. The summed E-state index contributed by atoms with van der Waals surface area (Å²) in [4.78, 5) is 32.2. The number of aromatic nitrogens is 2. The summed E-state index contributed by atoms with van der Waals surface area (Å²) in [6, 6.07) is 21.5. The van der Waals surface area contributed by atoms with E-state index < -0.39 is 4.92 Å². The first-order chi connectivity index (χ1) is 18.5. The Morgan fingerprint density at radius 3 is 2.42 bits per heavy atom. The van der Waals surface area contributed by atoms with Gasteiger partial charge in [0.25, 0.3) is 16.8 Å². The predicted octanol–water partition coefficient (Wildman–Crippen LogP) is 4.80. The van der Waals surface area contributed by atoms with E-state index in [-0.39, 0.29) is 11.6 Å². The molecule has 0 unspecified atom stereocenters. The molecule has 0 bridgehead atoms. The molecule has 1 aromatic heterocycles. The Hall–Kier alpha value is -4.51. The number of carbonyl (C=O) groups is 1. The van der Waals surface area contributed by atoms with Gasteiger partial charge in [-0.15, -0.1) is 0 Å². The number of non-ortho nitro benzene ring substituents is 1. The number of nitro groups is 1. The molecule has 0 N–H and O–H groups in total. The van der Waals surface area contributed by atoms with E-state index in [0.29, 0.717) is 60.7 Å². The average molecular weight is 532 g/mol. The summed E-state index contributed by atoms with van der Waals surface area (Å²) in [6.07, 6.45) is 0.599. The number of hydrogen-bond acceptors (Lipinski definition) is 9. The van der Waals surface area contributed by atoms with Gasteiger partial charge in [0, 0.05) is 67.5 Å². The van der Waals surface area contributed by atoms with Gasteiger partial charge in [0.15, 0.2) is 17.3 Å². The van der Waals surface area contributed by atoms with Crippen LogP contribution in [0, 0.1) is 10.1 Å². The molecular weight excluding hydrogens is 506 g/mol. The molecule has 1 amide bonds. The van der Waals surface area contributed by atoms with Crippen molar-refractivity contribution in [3.8, 4) is 16.7 Å². The van der Waals surface area contributed by atoms with E-state index in [1.807, 2.05) is 30.3 Å². The molecule has 10 nitrogen and oxygen atoms in total. The number of rotatable bonds is 8. The third kappa shape index (κ3) is 5.73. The summed E-state index contributed by atoms with van der Waals surface area (Å²) in [7, 11) is 1.54. The summed E-state index contributed by atoms with van der Waals surface area (Å²) >= 11 is 1.15. The van der Waals surface area contributed by atoms with Crippen LogP contribution in [0.1, 0.15) is 21.7 Å². The third-order valence-electron chi connectivity index (χ3n) is 6.25. The lowest BCUT2D eigenvalue weighted by Gasteiger charge is -2.36. The van der Waals surface area contributed by atoms with Crippen LogP contribution in [0.2, 0.25) is 0 Å². The van der Waals surface area contributed by atoms with E-state index in [0.717, 1.165) is 22.8 Å². The third-order valence-corrected chi connectivity index (χ3v) is 6.89. The molecule has 1 aliphatic heterocycles. The Morgan fingerprint density at radius 2 is 1.74 bits per heavy atom. The van der Waals surface area contributed by atoms with Gasteiger partial charge < -0.3 is 19.3 Å². The molecular formula is C27H25N5O5S. The highest BCUT2D eigenvalue weighted by molar-refractivity contribution is 7.07. The number of anilines is 1. The Morgan fingerprint density at radius 1 is 1.00 bits per heavy atom. The van der Waals surface area contributed by atoms with E-state index in [1.165, 1.54) is 12.1 Å². The highest BCUT2D eigenvalue weighted by atomic mass is 32.1. The first kappa shape index (κ1) is 25.2. The molecule has 194 valence electrons. The van der Waals surface area contributed by atoms with Gasteiger partial charge in [-0.3, -0.25) is 14.9 Å². The molecule has 0 radical (unpaired) electrons. The molecule has 0 saturated carbocycles. The van der Waals surface area contributed by atoms with Gasteiger partial charge >= 0.3 is 0 Å². The Balaban J connectivity index is 1.24. The fourth-order valence-corrected chi connectivity index (χ4v) is 4.81. The lowest BCUT2D eigenvalue weighted by Crippen LogP contribution is -2.48. The highest BCUT2D eigenvalue weighted by Crippen LogP contribution is 2.34. The van der Waals surface area contributed by atoms with Gasteiger partial charge in [0.05, 0.1) is 12.0 Å². The summed E-state index contributed by atoms with van der Waals surface area (Å²) in [5.74, 6) is 1.44. The second-order valence-corrected chi connectivity index (χ2v) is 9.37. The Bertz CT molecular complexity index is 1420. The first-order valence-corrected chi connectivity index (χ1v) is 12.8. The molecule has 0 atom stereocenters. The van der Waals surface area contributed by atoms with Crippen LogP contribution < -0.4 is 14.4 Å². The van der Waals surface area contributed by atoms with Gasteiger partial charge in [-0.05, 0) is 35.9 Å². The monoisotopic (exact) mass is 531 g/mol. The number of nitrogens with zero attached hydrogens (tertiary/aromatic N) is 5. The van der Waals surface area contributed by atoms with Crippen molar-refractivity contribution in [2.24, 2.45) is 0 Å². The smallest absolute Gasteiger partial charge is 0.298 e. The Labute approximate surface area is 223 Å². The largest absolute Gasteiger partial charge is 0.493 e. The van der Waals surface area contributed by atoms with Crippen molar-refractivity contribution in [3.05, 3.63) is 99.9 Å². The van der Waals surface area contributed by atoms with E-state index in [1.54, 1.807) is 42.3 Å². The van der Waals surface area contributed by atoms with Gasteiger partial charge in [0.2, 0.25) is 0 Å². The van der Waals surface area contributed by atoms with Crippen LogP contribution in [-0.2, 0) is 6.42 Å². The minimum Gasteiger partial charge on any atom is -0.493 e. The number of ether oxygens (including phenoxy) is 2. The number of hydrogen-bond donors (Lipinski definition) is 0. The molecule has 0 spiro atoms. The maximum absolute atomic E-state index is 13.3. The van der Waals surface area contributed by atoms with Crippen LogP contribution in [0.3, 0.4) is 0 Å². The molecule has 1 saturated heterocycles. The van der Waals surface area contributed by atoms with Crippen LogP contribution in [0.5, 0.6) is 16.7 Å². The fraction of sp³-hybridized carbons (Fsp3) is 0.222. The van der Waals surface area contributed by atoms with Crippen LogP contribution >= 0.6 is 11.5 Å². The van der Waals surface area contributed by atoms with Gasteiger partial charge in [0.1, 0.15) is 0 Å². The van der Waals surface area contributed by atoms with Gasteiger partial charge in [-0.25, -0.2) is 0 Å². The second-order valence-electron chi connectivity index (χ2n) is 8.66. The van der Waals surface area contributed by atoms with Crippen molar-refractivity contribution in [3.63, 3.8) is 0 Å². The van der Waals surface area contributed by atoms with Crippen molar-refractivity contribution < 1.29 is 19.2 Å². The van der Waals surface area contributed by atoms with Crippen molar-refractivity contribution in [1.29, 1.82) is 0 Å². The predicted molar refractivity (Wildman–Crippen MR) is 143 cm³/mol. The first-order valence-electron chi connectivity index (χ1n) is 12.0. The zero-order valence-electron chi connectivity index (χ0n) is 20.6. The zero-order chi connectivity index (χ0) is 26.5. The van der Waals surface area contributed by atoms with Crippen molar-refractivity contribution in [2.45, 2.75) is 6.42 Å². The van der Waals surface area contributed by atoms with Crippen LogP contribution in [0.4, 0.5) is 11.4 Å². The minimum absolute atomic E-state index is 0.0565. The summed E-state index contributed by atoms with van der Waals surface area (Å²) in [5, 5.41) is 11.3. The molecule has 2 heterocycles. The standard InChI is InChI=1S/C27H25N5O5S/c1-36-23-12-7-20(18-24(23)37-27-28-25(29-38-27)17-19-5-3-2-4-6-19)26(33)31-15-13-30(14-16-31)21-8-10-22(11-9-21)32(34)35/h2-12,18H,13-17H2,1H3. The second kappa shape index (κ2) is 11.3. The quantitative estimate of drug-likeness (QED) is 0.236. The average Bonchev–Trinajstić information content (AvgIpc) is 3.39. The minimum atomic E-state index is -0.415. The molecule has 11 heteroatoms. The van der Waals surface area contributed by atoms with Gasteiger partial charge in [-0.1, -0.05) is 30.3 Å². The Kier molecular flexibility index (Phi) is 7.45. The summed E-state index contributed by atoms with van der Waals surface area (Å²) < 4.78 is 15.8. The van der Waals surface area contributed by atoms with Crippen molar-refractivity contribution in [2.75, 3.05) is 38.2 Å². The van der Waals surface area contributed by atoms with Gasteiger partial charge in [-0.2, -0.15) is 9.36 Å². The molecule has 5 rings (SSSR count). The maximum atomic E-state index is 13.3. The zero-order valence-corrected chi connectivity index (χ0v) is 21.5. The van der Waals surface area contributed by atoms with E-state index in [9.17, 15) is 14.9 Å². The van der Waals surface area contributed by atoms with Crippen LogP contribution in [-0.4, -0.2) is 58.4 Å². The fourth-order valence-electron chi connectivity index (χ4n) is 4.25. The molecule has 1 aliphatic rings. The maximum Gasteiger partial charge on any atom is 0.298 e. The van der Waals surface area contributed by atoms with E-state index in [4.69, 9.17) is 9.47 Å². The number of piperazine rings is 1. The normalized spacial score (nSPS) is 13.3. The van der Waals surface area contributed by atoms with Crippen molar-refractivity contribution in [1.82, 2.24) is 14.3 Å². The van der Waals surface area contributed by atoms with Crippen LogP contribution in [0.15, 0.2) is 72.8 Å². The molecule has 1 fully saturated rings. The highest BCUT2D eigenvalue weighted by Gasteiger charge is 2.24. The van der Waals surface area contributed by atoms with E-state index in [2.05, 4.69) is 14.3 Å². The molecule has 0 aliphatic carbocycles. The summed E-state index contributed by atoms with van der Waals surface area (Å²) in [6.45, 7) is 2.30. The number of benzene rings is 3. The molecule has 38 heavy (non-hydrogen) atoms. The topological polar surface area (TPSA) is 111 Å². The number of amides is 1. The van der Waals surface area contributed by atoms with Crippen molar-refractivity contribution >= 4 is 28.8 Å². The lowest BCUT2D eigenvalue weighted by molar-refractivity contribution is -0.384. The van der Waals surface area contributed by atoms with E-state index >= 15 is 0 Å². The SMILES string of the molecule is COc1ccc(C(=O)N2CCN(c3ccc([N+](=O)[O-])cc3)CC2)cc1Oc1nc(Cc2ccccc2)ns1. The molecule has 3 aromatic carbocycles. The lowest BCUT2D eigenvalue weighted by atomic mass is 10.1. The number of carbonyl (C=O) groups excluding carboxylic acids is 1. The van der Waals surface area contributed by atoms with Crippen LogP contribution in [0.25, 0.3) is 0 Å². The number of methoxy groups -OCH3 is 1. The summed E-state index contributed by atoms with van der Waals surface area (Å²) in [5.41, 5.74) is 2.54.